The van der Waals surface area contributed by atoms with Crippen LogP contribution in [0.15, 0.2) is 55.3 Å². The van der Waals surface area contributed by atoms with Gasteiger partial charge in [-0.2, -0.15) is 0 Å². The highest BCUT2D eigenvalue weighted by atomic mass is 16.5. The Morgan fingerprint density at radius 1 is 1.26 bits per heavy atom. The Balaban J connectivity index is 1.49. The van der Waals surface area contributed by atoms with Gasteiger partial charge in [0.25, 0.3) is 5.91 Å². The topological polar surface area (TPSA) is 77.8 Å². The maximum Gasteiger partial charge on any atom is 0.257 e. The average Bonchev–Trinajstić information content (AvgIpc) is 3.10. The first kappa shape index (κ1) is 18.4. The molecule has 1 aromatic carbocycles. The molecule has 2 aromatic heterocycles. The number of pyridine rings is 1. The van der Waals surface area contributed by atoms with Crippen LogP contribution >= 0.6 is 0 Å². The van der Waals surface area contributed by atoms with E-state index >= 15 is 0 Å². The van der Waals surface area contributed by atoms with Crippen LogP contribution in [0.5, 0.6) is 11.5 Å². The van der Waals surface area contributed by atoms with Crippen molar-refractivity contribution in [3.05, 3.63) is 66.6 Å². The van der Waals surface area contributed by atoms with Crippen molar-refractivity contribution in [3.8, 4) is 11.5 Å². The molecule has 0 radical (unpaired) electrons. The normalized spacial score (nSPS) is 10.6. The van der Waals surface area contributed by atoms with Gasteiger partial charge < -0.3 is 14.8 Å². The van der Waals surface area contributed by atoms with Gasteiger partial charge >= 0.3 is 0 Å². The fourth-order valence-corrected chi connectivity index (χ4v) is 2.69. The van der Waals surface area contributed by atoms with Crippen LogP contribution in [-0.2, 0) is 17.6 Å². The molecule has 1 N–H and O–H groups in total. The Morgan fingerprint density at radius 3 is 2.96 bits per heavy atom. The molecule has 7 heteroatoms. The molecule has 0 bridgehead atoms. The molecule has 0 aliphatic carbocycles. The minimum absolute atomic E-state index is 0.0856. The van der Waals surface area contributed by atoms with Gasteiger partial charge in [0.1, 0.15) is 5.82 Å². The number of amides is 1. The number of ether oxygens (including phenoxy) is 2. The Hall–Kier alpha value is -3.35. The maximum atomic E-state index is 12.0. The van der Waals surface area contributed by atoms with Crippen molar-refractivity contribution in [2.24, 2.45) is 0 Å². The summed E-state index contributed by atoms with van der Waals surface area (Å²) in [4.78, 5) is 12.0. The van der Waals surface area contributed by atoms with Gasteiger partial charge in [-0.1, -0.05) is 18.2 Å². The van der Waals surface area contributed by atoms with Crippen LogP contribution in [0.2, 0.25) is 0 Å². The Bertz CT molecular complexity index is 936. The quantitative estimate of drug-likeness (QED) is 0.588. The predicted octanol–water partition coefficient (Wildman–Crippen LogP) is 2.20. The lowest BCUT2D eigenvalue weighted by Crippen LogP contribution is -2.31. The van der Waals surface area contributed by atoms with E-state index in [4.69, 9.17) is 9.47 Å². The largest absolute Gasteiger partial charge is 0.493 e. The molecule has 27 heavy (non-hydrogen) atoms. The number of carbonyl (C=O) groups is 1. The number of allylic oxidation sites excluding steroid dienone is 1. The van der Waals surface area contributed by atoms with Crippen molar-refractivity contribution in [3.63, 3.8) is 0 Å². The monoisotopic (exact) mass is 366 g/mol. The summed E-state index contributed by atoms with van der Waals surface area (Å²) in [7, 11) is 1.57. The third-order valence-electron chi connectivity index (χ3n) is 4.02. The van der Waals surface area contributed by atoms with Gasteiger partial charge in [0.15, 0.2) is 23.8 Å². The molecule has 1 amide bonds. The standard InChI is InChI=1S/C20H22N4O3/c1-3-6-15-8-9-16(17(13-15)26-2)27-14-20(25)21-11-10-19-23-22-18-7-4-5-12-24(18)19/h3-5,7-9,12-13H,1,6,10-11,14H2,2H3,(H,21,25). The summed E-state index contributed by atoms with van der Waals surface area (Å²) in [6.07, 6.45) is 5.05. The minimum atomic E-state index is -0.207. The van der Waals surface area contributed by atoms with E-state index in [0.717, 1.165) is 23.5 Å². The fraction of sp³-hybridized carbons (Fsp3) is 0.250. The van der Waals surface area contributed by atoms with E-state index in [1.807, 2.05) is 47.0 Å². The summed E-state index contributed by atoms with van der Waals surface area (Å²) in [6.45, 7) is 4.09. The second kappa shape index (κ2) is 8.84. The molecule has 0 unspecified atom stereocenters. The van der Waals surface area contributed by atoms with Crippen molar-refractivity contribution < 1.29 is 14.3 Å². The molecule has 0 fully saturated rings. The number of benzene rings is 1. The first-order chi connectivity index (χ1) is 13.2. The molecule has 7 nitrogen and oxygen atoms in total. The summed E-state index contributed by atoms with van der Waals surface area (Å²) in [6, 6.07) is 11.3. The molecule has 3 aromatic rings. The summed E-state index contributed by atoms with van der Waals surface area (Å²) in [5.41, 5.74) is 1.85. The zero-order valence-electron chi connectivity index (χ0n) is 15.2. The van der Waals surface area contributed by atoms with Gasteiger partial charge in [-0.15, -0.1) is 16.8 Å². The van der Waals surface area contributed by atoms with Gasteiger partial charge in [0.2, 0.25) is 0 Å². The first-order valence-electron chi connectivity index (χ1n) is 8.67. The second-order valence-corrected chi connectivity index (χ2v) is 5.91. The number of methoxy groups -OCH3 is 1. The third-order valence-corrected chi connectivity index (χ3v) is 4.02. The SMILES string of the molecule is C=CCc1ccc(OCC(=O)NCCc2nnc3ccccn23)c(OC)c1. The number of nitrogens with zero attached hydrogens (tertiary/aromatic N) is 3. The highest BCUT2D eigenvalue weighted by molar-refractivity contribution is 5.77. The van der Waals surface area contributed by atoms with Crippen LogP contribution in [0.1, 0.15) is 11.4 Å². The Morgan fingerprint density at radius 2 is 2.15 bits per heavy atom. The molecule has 2 heterocycles. The minimum Gasteiger partial charge on any atom is -0.493 e. The van der Waals surface area contributed by atoms with Crippen LogP contribution in [0.3, 0.4) is 0 Å². The van der Waals surface area contributed by atoms with E-state index in [-0.39, 0.29) is 12.5 Å². The van der Waals surface area contributed by atoms with Crippen molar-refractivity contribution in [2.75, 3.05) is 20.3 Å². The van der Waals surface area contributed by atoms with Gasteiger partial charge in [-0.3, -0.25) is 9.20 Å². The van der Waals surface area contributed by atoms with Gasteiger partial charge in [-0.25, -0.2) is 0 Å². The molecule has 140 valence electrons. The van der Waals surface area contributed by atoms with Gasteiger partial charge in [-0.05, 0) is 36.2 Å². The summed E-state index contributed by atoms with van der Waals surface area (Å²) < 4.78 is 12.8. The van der Waals surface area contributed by atoms with E-state index in [1.165, 1.54) is 0 Å². The third kappa shape index (κ3) is 4.63. The molecule has 0 saturated carbocycles. The summed E-state index contributed by atoms with van der Waals surface area (Å²) in [5, 5.41) is 11.1. The Kier molecular flexibility index (Phi) is 6.04. The number of nitrogens with one attached hydrogen (secondary N) is 1. The molecule has 0 atom stereocenters. The molecular weight excluding hydrogens is 344 g/mol. The van der Waals surface area contributed by atoms with Crippen LogP contribution < -0.4 is 14.8 Å². The van der Waals surface area contributed by atoms with E-state index in [9.17, 15) is 4.79 Å². The zero-order chi connectivity index (χ0) is 19.1. The average molecular weight is 366 g/mol. The molecule has 3 rings (SSSR count). The molecule has 0 aliphatic rings. The number of fused-ring (bicyclic) bond motifs is 1. The Labute approximate surface area is 157 Å². The second-order valence-electron chi connectivity index (χ2n) is 5.91. The lowest BCUT2D eigenvalue weighted by Gasteiger charge is -2.12. The van der Waals surface area contributed by atoms with Gasteiger partial charge in [0, 0.05) is 19.2 Å². The molecule has 0 aliphatic heterocycles. The lowest BCUT2D eigenvalue weighted by molar-refractivity contribution is -0.123. The summed E-state index contributed by atoms with van der Waals surface area (Å²) >= 11 is 0. The molecule has 0 saturated heterocycles. The van der Waals surface area contributed by atoms with E-state index in [0.29, 0.717) is 24.5 Å². The number of aromatic nitrogens is 3. The summed E-state index contributed by atoms with van der Waals surface area (Å²) in [5.74, 6) is 1.72. The van der Waals surface area contributed by atoms with Crippen LogP contribution in [0.25, 0.3) is 5.65 Å². The highest BCUT2D eigenvalue weighted by Crippen LogP contribution is 2.28. The zero-order valence-corrected chi connectivity index (χ0v) is 15.2. The maximum absolute atomic E-state index is 12.0. The van der Waals surface area contributed by atoms with Crippen molar-refractivity contribution in [2.45, 2.75) is 12.8 Å². The number of hydrogen-bond donors (Lipinski definition) is 1. The van der Waals surface area contributed by atoms with Gasteiger partial charge in [0.05, 0.1) is 7.11 Å². The number of carbonyl (C=O) groups excluding carboxylic acids is 1. The van der Waals surface area contributed by atoms with E-state index in [2.05, 4.69) is 22.1 Å². The smallest absolute Gasteiger partial charge is 0.257 e. The lowest BCUT2D eigenvalue weighted by atomic mass is 10.1. The fourth-order valence-electron chi connectivity index (χ4n) is 2.69. The van der Waals surface area contributed by atoms with E-state index < -0.39 is 0 Å². The van der Waals surface area contributed by atoms with Crippen molar-refractivity contribution in [1.29, 1.82) is 0 Å². The number of hydrogen-bond acceptors (Lipinski definition) is 5. The van der Waals surface area contributed by atoms with Crippen LogP contribution in [0.4, 0.5) is 0 Å². The van der Waals surface area contributed by atoms with Crippen LogP contribution in [-0.4, -0.2) is 40.8 Å². The first-order valence-corrected chi connectivity index (χ1v) is 8.67. The van der Waals surface area contributed by atoms with Crippen LogP contribution in [0, 0.1) is 0 Å². The van der Waals surface area contributed by atoms with E-state index in [1.54, 1.807) is 13.2 Å². The molecule has 0 spiro atoms. The highest BCUT2D eigenvalue weighted by Gasteiger charge is 2.09. The number of rotatable bonds is 9. The van der Waals surface area contributed by atoms with Crippen molar-refractivity contribution in [1.82, 2.24) is 19.9 Å². The molecular formula is C20H22N4O3. The van der Waals surface area contributed by atoms with Crippen molar-refractivity contribution >= 4 is 11.6 Å². The predicted molar refractivity (Wildman–Crippen MR) is 102 cm³/mol.